The normalized spacial score (nSPS) is 13.2. The molecule has 6 rings (SSSR count). The molecule has 3 heterocycles. The minimum Gasteiger partial charge on any atom is -0.311 e. The van der Waals surface area contributed by atoms with Gasteiger partial charge < -0.3 is 4.90 Å². The summed E-state index contributed by atoms with van der Waals surface area (Å²) in [7, 11) is 0. The van der Waals surface area contributed by atoms with Crippen LogP contribution in [0.1, 0.15) is 17.8 Å². The zero-order chi connectivity index (χ0) is 24.3. The van der Waals surface area contributed by atoms with Crippen LogP contribution in [0, 0.1) is 0 Å². The zero-order valence-corrected chi connectivity index (χ0v) is 21.9. The third kappa shape index (κ3) is 4.78. The van der Waals surface area contributed by atoms with Crippen molar-refractivity contribution in [3.63, 3.8) is 0 Å². The molecule has 9 heteroatoms. The van der Waals surface area contributed by atoms with Crippen molar-refractivity contribution in [2.24, 2.45) is 0 Å². The van der Waals surface area contributed by atoms with Gasteiger partial charge in [-0.3, -0.25) is 9.36 Å². The van der Waals surface area contributed by atoms with E-state index in [9.17, 15) is 4.79 Å². The number of carbonyl (C=O) groups is 1. The molecular formula is C27H23N5OS3. The first-order valence-corrected chi connectivity index (χ1v) is 14.5. The van der Waals surface area contributed by atoms with Crippen molar-refractivity contribution < 1.29 is 4.79 Å². The molecule has 0 bridgehead atoms. The van der Waals surface area contributed by atoms with E-state index in [2.05, 4.69) is 26.9 Å². The molecule has 0 fully saturated rings. The lowest BCUT2D eigenvalue weighted by molar-refractivity contribution is -0.116. The Bertz CT molecular complexity index is 1480. The van der Waals surface area contributed by atoms with Crippen molar-refractivity contribution in [2.45, 2.75) is 28.1 Å². The van der Waals surface area contributed by atoms with Gasteiger partial charge in [0, 0.05) is 17.9 Å². The van der Waals surface area contributed by atoms with Crippen LogP contribution < -0.4 is 4.90 Å². The minimum absolute atomic E-state index is 0.0974. The zero-order valence-electron chi connectivity index (χ0n) is 19.4. The summed E-state index contributed by atoms with van der Waals surface area (Å²) in [6.45, 7) is 0.756. The van der Waals surface area contributed by atoms with Crippen molar-refractivity contribution in [2.75, 3.05) is 17.2 Å². The maximum absolute atomic E-state index is 13.2. The number of thioether (sulfide) groups is 2. The number of nitrogens with zero attached hydrogens (tertiary/aromatic N) is 5. The summed E-state index contributed by atoms with van der Waals surface area (Å²) in [6, 6.07) is 26.5. The van der Waals surface area contributed by atoms with Crippen LogP contribution in [-0.2, 0) is 17.0 Å². The highest BCUT2D eigenvalue weighted by Crippen LogP contribution is 2.33. The number of aryl methyl sites for hydroxylation is 1. The highest BCUT2D eigenvalue weighted by molar-refractivity contribution is 8.00. The van der Waals surface area contributed by atoms with Crippen molar-refractivity contribution >= 4 is 56.7 Å². The lowest BCUT2D eigenvalue weighted by Crippen LogP contribution is -2.36. The Morgan fingerprint density at radius 1 is 0.917 bits per heavy atom. The van der Waals surface area contributed by atoms with Gasteiger partial charge >= 0.3 is 0 Å². The van der Waals surface area contributed by atoms with E-state index in [4.69, 9.17) is 4.98 Å². The van der Waals surface area contributed by atoms with Crippen LogP contribution in [0.4, 0.5) is 5.69 Å². The van der Waals surface area contributed by atoms with Gasteiger partial charge in [-0.25, -0.2) is 4.98 Å². The predicted octanol–water partition coefficient (Wildman–Crippen LogP) is 6.24. The molecule has 1 aliphatic heterocycles. The van der Waals surface area contributed by atoms with Crippen molar-refractivity contribution in [3.8, 4) is 5.69 Å². The Kier molecular flexibility index (Phi) is 6.76. The maximum Gasteiger partial charge on any atom is 0.237 e. The number of hydrogen-bond donors (Lipinski definition) is 0. The fraction of sp³-hybridized carbons (Fsp3) is 0.185. The molecule has 5 aromatic rings. The first-order valence-electron chi connectivity index (χ1n) is 11.8. The fourth-order valence-corrected chi connectivity index (χ4v) is 7.19. The highest BCUT2D eigenvalue weighted by Gasteiger charge is 2.23. The average molecular weight is 530 g/mol. The molecular weight excluding hydrogens is 507 g/mol. The minimum atomic E-state index is 0.0974. The molecule has 0 atom stereocenters. The second-order valence-electron chi connectivity index (χ2n) is 8.37. The molecule has 180 valence electrons. The smallest absolute Gasteiger partial charge is 0.237 e. The van der Waals surface area contributed by atoms with E-state index in [-0.39, 0.29) is 5.91 Å². The quantitative estimate of drug-likeness (QED) is 0.233. The maximum atomic E-state index is 13.2. The number of fused-ring (bicyclic) bond motifs is 2. The summed E-state index contributed by atoms with van der Waals surface area (Å²) in [4.78, 5) is 19.9. The number of benzene rings is 3. The third-order valence-electron chi connectivity index (χ3n) is 6.05. The Hall–Kier alpha value is -3.14. The number of amides is 1. The predicted molar refractivity (Wildman–Crippen MR) is 148 cm³/mol. The molecule has 6 nitrogen and oxygen atoms in total. The van der Waals surface area contributed by atoms with Gasteiger partial charge in [0.1, 0.15) is 5.82 Å². The largest absolute Gasteiger partial charge is 0.311 e. The molecule has 0 aliphatic carbocycles. The summed E-state index contributed by atoms with van der Waals surface area (Å²) < 4.78 is 4.24. The standard InChI is InChI=1S/C27H23N5OS3/c33-25(31-16-8-10-19-9-4-6-14-22(19)31)18-34-26-30-29-24(32(26)20-11-2-1-3-12-20)17-35-27-28-21-13-5-7-15-23(21)36-27/h1-7,9,11-15H,8,10,16-18H2. The SMILES string of the molecule is O=C(CSc1nnc(CSc2nc3ccccc3s2)n1-c1ccccc1)N1CCCc2ccccc21. The van der Waals surface area contributed by atoms with Crippen molar-refractivity contribution in [1.29, 1.82) is 0 Å². The molecule has 3 aromatic carbocycles. The molecule has 1 aliphatic rings. The van der Waals surface area contributed by atoms with Gasteiger partial charge in [-0.15, -0.1) is 21.5 Å². The van der Waals surface area contributed by atoms with E-state index in [0.29, 0.717) is 11.5 Å². The van der Waals surface area contributed by atoms with E-state index in [1.54, 1.807) is 23.1 Å². The lowest BCUT2D eigenvalue weighted by atomic mass is 10.0. The number of anilines is 1. The van der Waals surface area contributed by atoms with E-state index < -0.39 is 0 Å². The van der Waals surface area contributed by atoms with Crippen LogP contribution in [-0.4, -0.2) is 38.0 Å². The highest BCUT2D eigenvalue weighted by atomic mass is 32.2. The summed E-state index contributed by atoms with van der Waals surface area (Å²) >= 11 is 4.79. The van der Waals surface area contributed by atoms with Gasteiger partial charge in [-0.1, -0.05) is 72.1 Å². The second-order valence-corrected chi connectivity index (χ2v) is 11.6. The fourth-order valence-electron chi connectivity index (χ4n) is 4.36. The molecule has 0 saturated carbocycles. The first kappa shape index (κ1) is 23.3. The molecule has 36 heavy (non-hydrogen) atoms. The molecule has 0 spiro atoms. The molecule has 0 saturated heterocycles. The number of aromatic nitrogens is 4. The third-order valence-corrected chi connectivity index (χ3v) is 9.14. The van der Waals surface area contributed by atoms with Gasteiger partial charge in [-0.05, 0) is 48.7 Å². The summed E-state index contributed by atoms with van der Waals surface area (Å²) in [5.41, 5.74) is 4.28. The van der Waals surface area contributed by atoms with Crippen LogP contribution in [0.5, 0.6) is 0 Å². The van der Waals surface area contributed by atoms with Gasteiger partial charge in [0.2, 0.25) is 5.91 Å². The molecule has 1 amide bonds. The van der Waals surface area contributed by atoms with Crippen LogP contribution in [0.25, 0.3) is 15.9 Å². The van der Waals surface area contributed by atoms with Gasteiger partial charge in [0.05, 0.1) is 21.7 Å². The van der Waals surface area contributed by atoms with Crippen LogP contribution in [0.15, 0.2) is 88.4 Å². The number of carbonyl (C=O) groups excluding carboxylic acids is 1. The van der Waals surface area contributed by atoms with E-state index in [1.165, 1.54) is 22.0 Å². The van der Waals surface area contributed by atoms with Crippen LogP contribution >= 0.6 is 34.9 Å². The van der Waals surface area contributed by atoms with Crippen molar-refractivity contribution in [3.05, 3.63) is 90.3 Å². The number of thiazole rings is 1. The summed E-state index contributed by atoms with van der Waals surface area (Å²) in [6.07, 6.45) is 2.01. The van der Waals surface area contributed by atoms with E-state index in [1.807, 2.05) is 71.6 Å². The topological polar surface area (TPSA) is 63.9 Å². The summed E-state index contributed by atoms with van der Waals surface area (Å²) in [5, 5.41) is 9.72. The Morgan fingerprint density at radius 3 is 2.61 bits per heavy atom. The Balaban J connectivity index is 1.22. The molecule has 0 radical (unpaired) electrons. The van der Waals surface area contributed by atoms with E-state index >= 15 is 0 Å². The number of rotatable bonds is 7. The van der Waals surface area contributed by atoms with E-state index in [0.717, 1.165) is 51.6 Å². The second kappa shape index (κ2) is 10.5. The summed E-state index contributed by atoms with van der Waals surface area (Å²) in [5.74, 6) is 1.88. The Morgan fingerprint density at radius 2 is 1.72 bits per heavy atom. The monoisotopic (exact) mass is 529 g/mol. The van der Waals surface area contributed by atoms with Gasteiger partial charge in [0.25, 0.3) is 0 Å². The van der Waals surface area contributed by atoms with Crippen molar-refractivity contribution in [1.82, 2.24) is 19.7 Å². The van der Waals surface area contributed by atoms with Crippen LogP contribution in [0.3, 0.4) is 0 Å². The molecule has 0 N–H and O–H groups in total. The van der Waals surface area contributed by atoms with Gasteiger partial charge in [0.15, 0.2) is 9.50 Å². The average Bonchev–Trinajstić information content (AvgIpc) is 3.54. The van der Waals surface area contributed by atoms with Crippen LogP contribution in [0.2, 0.25) is 0 Å². The van der Waals surface area contributed by atoms with Gasteiger partial charge in [-0.2, -0.15) is 0 Å². The number of hydrogen-bond acceptors (Lipinski definition) is 7. The Labute approximate surface area is 221 Å². The lowest BCUT2D eigenvalue weighted by Gasteiger charge is -2.29. The molecule has 2 aromatic heterocycles. The first-order chi connectivity index (χ1) is 17.8. The number of para-hydroxylation sites is 3. The molecule has 0 unspecified atom stereocenters.